The van der Waals surface area contributed by atoms with Gasteiger partial charge in [0.25, 0.3) is 5.91 Å². The average Bonchev–Trinajstić information content (AvgIpc) is 3.35. The van der Waals surface area contributed by atoms with Crippen LogP contribution >= 0.6 is 0 Å². The Balaban J connectivity index is 1.45. The average molecular weight is 509 g/mol. The summed E-state index contributed by atoms with van der Waals surface area (Å²) >= 11 is 0. The molecule has 196 valence electrons. The maximum Gasteiger partial charge on any atom is 0.329 e. The molecule has 2 fully saturated rings. The Morgan fingerprint density at radius 1 is 0.946 bits per heavy atom. The molecule has 37 heavy (non-hydrogen) atoms. The molecule has 2 atom stereocenters. The molecule has 0 aliphatic carbocycles. The number of carbonyl (C=O) groups is 3. The molecule has 0 radical (unpaired) electrons. The molecule has 0 unspecified atom stereocenters. The van der Waals surface area contributed by atoms with Crippen LogP contribution in [0.15, 0.2) is 54.6 Å². The minimum atomic E-state index is -1.02. The number of hydrogen-bond acceptors (Lipinski definition) is 6. The molecule has 0 aromatic heterocycles. The third kappa shape index (κ3) is 6.72. The van der Waals surface area contributed by atoms with Gasteiger partial charge < -0.3 is 30.1 Å². The maximum atomic E-state index is 13.6. The molecular formula is C27H32N4O6. The fraction of sp³-hybridized carbons (Fsp3) is 0.407. The number of benzene rings is 2. The van der Waals surface area contributed by atoms with Crippen molar-refractivity contribution in [1.29, 1.82) is 5.41 Å². The van der Waals surface area contributed by atoms with Gasteiger partial charge in [0.2, 0.25) is 5.91 Å². The van der Waals surface area contributed by atoms with Crippen molar-refractivity contribution in [1.82, 2.24) is 9.80 Å². The number of nitrogens with one attached hydrogen (secondary N) is 1. The van der Waals surface area contributed by atoms with Crippen molar-refractivity contribution in [3.05, 3.63) is 71.3 Å². The Morgan fingerprint density at radius 2 is 1.59 bits per heavy atom. The molecule has 2 saturated heterocycles. The molecule has 10 nitrogen and oxygen atoms in total. The predicted octanol–water partition coefficient (Wildman–Crippen LogP) is 1.86. The van der Waals surface area contributed by atoms with E-state index in [0.717, 1.165) is 5.56 Å². The zero-order valence-electron chi connectivity index (χ0n) is 20.5. The zero-order valence-corrected chi connectivity index (χ0v) is 20.5. The normalized spacial score (nSPS) is 20.1. The summed E-state index contributed by atoms with van der Waals surface area (Å²) in [6.45, 7) is 1.18. The fourth-order valence-electron chi connectivity index (χ4n) is 4.77. The monoisotopic (exact) mass is 508 g/mol. The Kier molecular flexibility index (Phi) is 8.52. The van der Waals surface area contributed by atoms with Crippen LogP contribution < -0.4 is 5.73 Å². The van der Waals surface area contributed by atoms with Crippen molar-refractivity contribution in [2.45, 2.75) is 44.1 Å². The van der Waals surface area contributed by atoms with Crippen molar-refractivity contribution in [2.24, 2.45) is 5.73 Å². The minimum Gasteiger partial charge on any atom is -0.480 e. The molecule has 10 heteroatoms. The van der Waals surface area contributed by atoms with Crippen LogP contribution in [0.5, 0.6) is 0 Å². The lowest BCUT2D eigenvalue weighted by Crippen LogP contribution is -2.50. The number of hydrogen-bond donors (Lipinski definition) is 3. The van der Waals surface area contributed by atoms with Crippen molar-refractivity contribution in [3.8, 4) is 0 Å². The summed E-state index contributed by atoms with van der Waals surface area (Å²) in [5, 5.41) is 16.4. The van der Waals surface area contributed by atoms with Gasteiger partial charge >= 0.3 is 5.97 Å². The highest BCUT2D eigenvalue weighted by atomic mass is 16.5. The van der Waals surface area contributed by atoms with Gasteiger partial charge in [-0.1, -0.05) is 42.5 Å². The summed E-state index contributed by atoms with van der Waals surface area (Å²) < 4.78 is 11.5. The van der Waals surface area contributed by atoms with E-state index in [1.807, 2.05) is 30.3 Å². The van der Waals surface area contributed by atoms with E-state index in [1.54, 1.807) is 34.1 Å². The van der Waals surface area contributed by atoms with Gasteiger partial charge in [-0.25, -0.2) is 4.79 Å². The highest BCUT2D eigenvalue weighted by molar-refractivity contribution is 6.00. The fourth-order valence-corrected chi connectivity index (χ4v) is 4.77. The van der Waals surface area contributed by atoms with Gasteiger partial charge in [-0.2, -0.15) is 0 Å². The van der Waals surface area contributed by atoms with Crippen LogP contribution in [0.25, 0.3) is 0 Å². The van der Waals surface area contributed by atoms with Crippen LogP contribution in [0.1, 0.15) is 40.7 Å². The van der Waals surface area contributed by atoms with E-state index in [2.05, 4.69) is 0 Å². The largest absolute Gasteiger partial charge is 0.480 e. The van der Waals surface area contributed by atoms with Gasteiger partial charge in [0.1, 0.15) is 18.5 Å². The van der Waals surface area contributed by atoms with E-state index in [4.69, 9.17) is 25.7 Å². The van der Waals surface area contributed by atoms with Crippen LogP contribution in [0.2, 0.25) is 0 Å². The van der Waals surface area contributed by atoms with Gasteiger partial charge in [-0.05, 0) is 30.5 Å². The Morgan fingerprint density at radius 3 is 2.22 bits per heavy atom. The number of nitrogens with zero attached hydrogens (tertiary/aromatic N) is 2. The summed E-state index contributed by atoms with van der Waals surface area (Å²) in [5.41, 5.74) is 7.47. The van der Waals surface area contributed by atoms with E-state index >= 15 is 0 Å². The number of likely N-dealkylation sites (tertiary alicyclic amines) is 2. The number of nitrogen functional groups attached to an aromatic ring is 1. The molecule has 2 heterocycles. The Bertz CT molecular complexity index is 1120. The second kappa shape index (κ2) is 12.0. The van der Waals surface area contributed by atoms with E-state index in [9.17, 15) is 14.4 Å². The third-order valence-electron chi connectivity index (χ3n) is 6.78. The number of nitrogens with two attached hydrogens (primary N) is 1. The van der Waals surface area contributed by atoms with Crippen molar-refractivity contribution >= 4 is 23.6 Å². The lowest BCUT2D eigenvalue weighted by Gasteiger charge is -2.35. The zero-order chi connectivity index (χ0) is 26.4. The number of aliphatic carboxylic acids is 1. The van der Waals surface area contributed by atoms with Gasteiger partial charge in [0.05, 0.1) is 18.8 Å². The molecule has 2 amide bonds. The summed E-state index contributed by atoms with van der Waals surface area (Å²) in [5.74, 6) is -1.52. The van der Waals surface area contributed by atoms with Gasteiger partial charge in [-0.3, -0.25) is 15.0 Å². The summed E-state index contributed by atoms with van der Waals surface area (Å²) in [7, 11) is 0. The molecule has 2 aromatic rings. The van der Waals surface area contributed by atoms with E-state index in [-0.39, 0.29) is 43.0 Å². The molecule has 0 spiro atoms. The predicted molar refractivity (Wildman–Crippen MR) is 135 cm³/mol. The lowest BCUT2D eigenvalue weighted by molar-refractivity contribution is -0.147. The van der Waals surface area contributed by atoms with Crippen LogP contribution in [0.3, 0.4) is 0 Å². The topological polar surface area (TPSA) is 146 Å². The number of carbonyl (C=O) groups excluding carboxylic acids is 2. The Hall–Kier alpha value is -3.76. The third-order valence-corrected chi connectivity index (χ3v) is 6.78. The number of rotatable bonds is 9. The molecule has 4 rings (SSSR count). The van der Waals surface area contributed by atoms with E-state index in [1.165, 1.54) is 0 Å². The van der Waals surface area contributed by atoms with E-state index in [0.29, 0.717) is 50.1 Å². The summed E-state index contributed by atoms with van der Waals surface area (Å²) in [6.07, 6.45) is 0.966. The van der Waals surface area contributed by atoms with Crippen LogP contribution in [-0.2, 0) is 25.7 Å². The second-order valence-corrected chi connectivity index (χ2v) is 9.35. The smallest absolute Gasteiger partial charge is 0.329 e. The highest BCUT2D eigenvalue weighted by Gasteiger charge is 2.42. The number of piperidine rings is 1. The van der Waals surface area contributed by atoms with E-state index < -0.39 is 12.0 Å². The van der Waals surface area contributed by atoms with Crippen LogP contribution in [-0.4, -0.2) is 83.0 Å². The molecule has 0 saturated carbocycles. The second-order valence-electron chi connectivity index (χ2n) is 9.35. The first kappa shape index (κ1) is 26.3. The first-order chi connectivity index (χ1) is 17.8. The van der Waals surface area contributed by atoms with Crippen molar-refractivity contribution in [3.63, 3.8) is 0 Å². The molecule has 2 aliphatic heterocycles. The number of amides is 2. The lowest BCUT2D eigenvalue weighted by atomic mass is 10.0. The van der Waals surface area contributed by atoms with Gasteiger partial charge in [0.15, 0.2) is 0 Å². The number of carboxylic acids is 1. The number of amidine groups is 1. The SMILES string of the molecule is N=C(N)c1ccc(C(=O)N2C[C@H](OCc3ccccc3)C[C@H]2C(=O)N2CCC(OCC(=O)O)CC2)cc1. The summed E-state index contributed by atoms with van der Waals surface area (Å²) in [6, 6.07) is 15.5. The van der Waals surface area contributed by atoms with Crippen molar-refractivity contribution < 1.29 is 29.0 Å². The minimum absolute atomic E-state index is 0.0849. The molecule has 4 N–H and O–H groups in total. The van der Waals surface area contributed by atoms with Crippen molar-refractivity contribution in [2.75, 3.05) is 26.2 Å². The maximum absolute atomic E-state index is 13.6. The summed E-state index contributed by atoms with van der Waals surface area (Å²) in [4.78, 5) is 41.1. The Labute approximate surface area is 215 Å². The molecule has 0 bridgehead atoms. The first-order valence-corrected chi connectivity index (χ1v) is 12.3. The molecule has 2 aliphatic rings. The highest BCUT2D eigenvalue weighted by Crippen LogP contribution is 2.27. The van der Waals surface area contributed by atoms with Crippen LogP contribution in [0, 0.1) is 5.41 Å². The standard InChI is InChI=1S/C27H32N4O6/c28-25(29)19-6-8-20(9-7-19)26(34)31-15-22(36-16-18-4-2-1-3-5-18)14-23(31)27(35)30-12-10-21(11-13-30)37-17-24(32)33/h1-9,21-23H,10-17H2,(H3,28,29)(H,32,33)/t22-,23+/m1/s1. The number of ether oxygens (including phenoxy) is 2. The quantitative estimate of drug-likeness (QED) is 0.346. The molecule has 2 aromatic carbocycles. The first-order valence-electron chi connectivity index (χ1n) is 12.3. The molecular weight excluding hydrogens is 476 g/mol. The number of carboxylic acid groups (broad SMARTS) is 1. The van der Waals surface area contributed by atoms with Crippen LogP contribution in [0.4, 0.5) is 0 Å². The van der Waals surface area contributed by atoms with Gasteiger partial charge in [0, 0.05) is 37.2 Å². The van der Waals surface area contributed by atoms with Gasteiger partial charge in [-0.15, -0.1) is 0 Å².